The van der Waals surface area contributed by atoms with Gasteiger partial charge in [0, 0.05) is 18.7 Å². The Bertz CT molecular complexity index is 701. The van der Waals surface area contributed by atoms with Crippen molar-refractivity contribution in [3.8, 4) is 5.75 Å². The van der Waals surface area contributed by atoms with Crippen LogP contribution < -0.4 is 10.1 Å². The minimum Gasteiger partial charge on any atom is -0.496 e. The second kappa shape index (κ2) is 7.61. The van der Waals surface area contributed by atoms with E-state index in [1.54, 1.807) is 24.3 Å². The monoisotopic (exact) mass is 344 g/mol. The Balaban J connectivity index is 1.83. The molecule has 2 amide bonds. The van der Waals surface area contributed by atoms with Gasteiger partial charge >= 0.3 is 6.03 Å². The number of nitrogens with one attached hydrogen (secondary N) is 1. The van der Waals surface area contributed by atoms with E-state index in [0.717, 1.165) is 12.0 Å². The molecule has 25 heavy (non-hydrogen) atoms. The molecule has 1 aliphatic heterocycles. The van der Waals surface area contributed by atoms with Gasteiger partial charge in [0.05, 0.1) is 19.5 Å². The lowest BCUT2D eigenvalue weighted by atomic mass is 9.96. The molecule has 0 radical (unpaired) electrons. The number of methoxy groups -OCH3 is 1. The fraction of sp³-hybridized carbons (Fsp3) is 0.421. The van der Waals surface area contributed by atoms with Crippen molar-refractivity contribution in [3.05, 3.63) is 54.0 Å². The smallest absolute Gasteiger partial charge is 0.318 e. The summed E-state index contributed by atoms with van der Waals surface area (Å²) in [6, 6.07) is 10.5. The highest BCUT2D eigenvalue weighted by Crippen LogP contribution is 2.30. The highest BCUT2D eigenvalue weighted by molar-refractivity contribution is 5.75. The Hall–Kier alpha value is -2.47. The van der Waals surface area contributed by atoms with Crippen molar-refractivity contribution in [1.82, 2.24) is 10.2 Å². The average molecular weight is 344 g/mol. The van der Waals surface area contributed by atoms with E-state index in [0.29, 0.717) is 24.6 Å². The molecule has 6 heteroatoms. The topological polar surface area (TPSA) is 74.9 Å². The third kappa shape index (κ3) is 3.79. The fourth-order valence-electron chi connectivity index (χ4n) is 3.11. The largest absolute Gasteiger partial charge is 0.496 e. The molecule has 1 fully saturated rings. The minimum atomic E-state index is -0.493. The predicted molar refractivity (Wildman–Crippen MR) is 93.4 cm³/mol. The second-order valence-electron chi connectivity index (χ2n) is 6.42. The van der Waals surface area contributed by atoms with Crippen LogP contribution in [0.4, 0.5) is 4.79 Å². The summed E-state index contributed by atoms with van der Waals surface area (Å²) in [5, 5.41) is 13.1. The molecule has 3 atom stereocenters. The molecule has 3 rings (SSSR count). The summed E-state index contributed by atoms with van der Waals surface area (Å²) in [5.41, 5.74) is 0.819. The van der Waals surface area contributed by atoms with Crippen LogP contribution in [-0.4, -0.2) is 42.3 Å². The van der Waals surface area contributed by atoms with Crippen LogP contribution >= 0.6 is 0 Å². The van der Waals surface area contributed by atoms with Crippen LogP contribution in [0.15, 0.2) is 47.1 Å². The van der Waals surface area contributed by atoms with Gasteiger partial charge in [-0.3, -0.25) is 0 Å². The number of aliphatic hydroxyl groups excluding tert-OH is 1. The number of β-amino-alcohol motifs (C(OH)–C–C–N with tert-alkyl or cyclic N) is 1. The lowest BCUT2D eigenvalue weighted by molar-refractivity contribution is 0.0431. The number of likely N-dealkylation sites (tertiary alicyclic amines) is 1. The molecule has 1 aliphatic rings. The van der Waals surface area contributed by atoms with Crippen LogP contribution in [0.25, 0.3) is 0 Å². The molecule has 1 saturated heterocycles. The Kier molecular flexibility index (Phi) is 5.28. The molecule has 0 aliphatic carbocycles. The maximum atomic E-state index is 12.8. The summed E-state index contributed by atoms with van der Waals surface area (Å²) in [7, 11) is 1.60. The number of benzene rings is 1. The van der Waals surface area contributed by atoms with E-state index in [1.165, 1.54) is 0 Å². The van der Waals surface area contributed by atoms with Crippen LogP contribution in [0, 0.1) is 5.92 Å². The van der Waals surface area contributed by atoms with Gasteiger partial charge < -0.3 is 24.5 Å². The first-order chi connectivity index (χ1) is 12.1. The summed E-state index contributed by atoms with van der Waals surface area (Å²) >= 11 is 0. The summed E-state index contributed by atoms with van der Waals surface area (Å²) in [4.78, 5) is 14.4. The summed E-state index contributed by atoms with van der Waals surface area (Å²) < 4.78 is 11.0. The van der Waals surface area contributed by atoms with Crippen molar-refractivity contribution >= 4 is 6.03 Å². The number of para-hydroxylation sites is 1. The zero-order valence-electron chi connectivity index (χ0n) is 14.5. The number of amides is 2. The highest BCUT2D eigenvalue weighted by Gasteiger charge is 2.30. The van der Waals surface area contributed by atoms with E-state index in [9.17, 15) is 9.90 Å². The molecule has 2 aromatic rings. The quantitative estimate of drug-likeness (QED) is 0.894. The zero-order chi connectivity index (χ0) is 17.8. The van der Waals surface area contributed by atoms with E-state index in [2.05, 4.69) is 5.32 Å². The molecule has 2 N–H and O–H groups in total. The third-order valence-corrected chi connectivity index (χ3v) is 4.75. The predicted octanol–water partition coefficient (Wildman–Crippen LogP) is 2.79. The Morgan fingerprint density at radius 2 is 2.16 bits per heavy atom. The van der Waals surface area contributed by atoms with Gasteiger partial charge in [0.1, 0.15) is 17.6 Å². The Morgan fingerprint density at radius 3 is 2.84 bits per heavy atom. The number of furan rings is 1. The zero-order valence-corrected chi connectivity index (χ0v) is 14.5. The van der Waals surface area contributed by atoms with Crippen molar-refractivity contribution in [2.75, 3.05) is 20.2 Å². The summed E-state index contributed by atoms with van der Waals surface area (Å²) in [5.74, 6) is 1.51. The van der Waals surface area contributed by atoms with E-state index >= 15 is 0 Å². The van der Waals surface area contributed by atoms with Crippen LogP contribution in [0.5, 0.6) is 5.75 Å². The minimum absolute atomic E-state index is 0.208. The Morgan fingerprint density at radius 1 is 1.36 bits per heavy atom. The Labute approximate surface area is 147 Å². The molecule has 134 valence electrons. The molecule has 0 saturated carbocycles. The number of rotatable bonds is 4. The van der Waals surface area contributed by atoms with Crippen molar-refractivity contribution < 1.29 is 19.1 Å². The van der Waals surface area contributed by atoms with Crippen molar-refractivity contribution in [2.24, 2.45) is 5.92 Å². The molecule has 1 aromatic carbocycles. The maximum absolute atomic E-state index is 12.8. The lowest BCUT2D eigenvalue weighted by Gasteiger charge is -2.35. The number of carbonyl (C=O) groups is 1. The van der Waals surface area contributed by atoms with Crippen molar-refractivity contribution in [3.63, 3.8) is 0 Å². The number of urea groups is 1. The average Bonchev–Trinajstić information content (AvgIpc) is 3.16. The number of nitrogens with zero attached hydrogens (tertiary/aromatic N) is 1. The first-order valence-corrected chi connectivity index (χ1v) is 8.50. The lowest BCUT2D eigenvalue weighted by Crippen LogP contribution is -2.50. The number of carbonyl (C=O) groups excluding carboxylic acids is 1. The van der Waals surface area contributed by atoms with Gasteiger partial charge in [0.2, 0.25) is 0 Å². The SMILES string of the molecule is COc1ccccc1C(NC(=O)N1CCC(C)C(O)C1)c1ccco1. The second-order valence-corrected chi connectivity index (χ2v) is 6.42. The normalized spacial score (nSPS) is 21.6. The molecule has 3 unspecified atom stereocenters. The van der Waals surface area contributed by atoms with Gasteiger partial charge in [0.25, 0.3) is 0 Å². The molecular formula is C19H24N2O4. The first-order valence-electron chi connectivity index (χ1n) is 8.50. The standard InChI is InChI=1S/C19H24N2O4/c1-13-9-10-21(12-15(13)22)19(23)20-18(17-8-5-11-25-17)14-6-3-4-7-16(14)24-2/h3-8,11,13,15,18,22H,9-10,12H2,1-2H3,(H,20,23). The van der Waals surface area contributed by atoms with Gasteiger partial charge in [-0.15, -0.1) is 0 Å². The molecule has 6 nitrogen and oxygen atoms in total. The molecule has 1 aromatic heterocycles. The van der Waals surface area contributed by atoms with Gasteiger partial charge in [0.15, 0.2) is 0 Å². The van der Waals surface area contributed by atoms with Crippen LogP contribution in [0.1, 0.15) is 30.7 Å². The van der Waals surface area contributed by atoms with Crippen molar-refractivity contribution in [1.29, 1.82) is 0 Å². The van der Waals surface area contributed by atoms with E-state index in [1.807, 2.05) is 37.3 Å². The highest BCUT2D eigenvalue weighted by atomic mass is 16.5. The van der Waals surface area contributed by atoms with Gasteiger partial charge in [-0.2, -0.15) is 0 Å². The van der Waals surface area contributed by atoms with Crippen LogP contribution in [0.2, 0.25) is 0 Å². The van der Waals surface area contributed by atoms with Gasteiger partial charge in [-0.05, 0) is 30.5 Å². The molecular weight excluding hydrogens is 320 g/mol. The molecule has 2 heterocycles. The number of hydrogen-bond acceptors (Lipinski definition) is 4. The van der Waals surface area contributed by atoms with Gasteiger partial charge in [-0.25, -0.2) is 4.79 Å². The van der Waals surface area contributed by atoms with Crippen LogP contribution in [0.3, 0.4) is 0 Å². The first kappa shape index (κ1) is 17.4. The van der Waals surface area contributed by atoms with E-state index < -0.39 is 12.1 Å². The maximum Gasteiger partial charge on any atom is 0.318 e. The molecule has 0 bridgehead atoms. The van der Waals surface area contributed by atoms with Gasteiger partial charge in [-0.1, -0.05) is 25.1 Å². The summed E-state index contributed by atoms with van der Waals surface area (Å²) in [6.45, 7) is 2.96. The number of ether oxygens (including phenoxy) is 1. The van der Waals surface area contributed by atoms with E-state index in [4.69, 9.17) is 9.15 Å². The van der Waals surface area contributed by atoms with Crippen molar-refractivity contribution in [2.45, 2.75) is 25.5 Å². The number of aliphatic hydroxyl groups is 1. The number of piperidine rings is 1. The third-order valence-electron chi connectivity index (χ3n) is 4.75. The molecule has 0 spiro atoms. The number of hydrogen-bond donors (Lipinski definition) is 2. The fourth-order valence-corrected chi connectivity index (χ4v) is 3.11. The van der Waals surface area contributed by atoms with E-state index in [-0.39, 0.29) is 11.9 Å². The summed E-state index contributed by atoms with van der Waals surface area (Å²) in [6.07, 6.45) is 1.87. The van der Waals surface area contributed by atoms with Crippen LogP contribution in [-0.2, 0) is 0 Å².